The van der Waals surface area contributed by atoms with Crippen LogP contribution < -0.4 is 0 Å². The van der Waals surface area contributed by atoms with Crippen molar-refractivity contribution in [3.8, 4) is 0 Å². The van der Waals surface area contributed by atoms with Crippen molar-refractivity contribution in [2.45, 2.75) is 46.3 Å². The average Bonchev–Trinajstić information content (AvgIpc) is 2.89. The molecule has 3 rings (SSSR count). The Bertz CT molecular complexity index is 710. The van der Waals surface area contributed by atoms with Gasteiger partial charge in [-0.05, 0) is 38.8 Å². The molecule has 0 saturated carbocycles. The lowest BCUT2D eigenvalue weighted by Gasteiger charge is -2.29. The van der Waals surface area contributed by atoms with Gasteiger partial charge in [0, 0.05) is 38.8 Å². The van der Waals surface area contributed by atoms with E-state index >= 15 is 0 Å². The van der Waals surface area contributed by atoms with Gasteiger partial charge in [-0.15, -0.1) is 0 Å². The lowest BCUT2D eigenvalue weighted by molar-refractivity contribution is 0.0679. The topological polar surface area (TPSA) is 41.4 Å². The summed E-state index contributed by atoms with van der Waals surface area (Å²) in [6.07, 6.45) is 1.00. The smallest absolute Gasteiger partial charge is 0.272 e. The van der Waals surface area contributed by atoms with Crippen LogP contribution in [0.2, 0.25) is 0 Å². The van der Waals surface area contributed by atoms with Gasteiger partial charge >= 0.3 is 0 Å². The zero-order valence-electron chi connectivity index (χ0n) is 15.5. The Morgan fingerprint density at radius 2 is 2.00 bits per heavy atom. The summed E-state index contributed by atoms with van der Waals surface area (Å²) in [5.41, 5.74) is 2.94. The van der Waals surface area contributed by atoms with E-state index in [1.54, 1.807) is 0 Å². The normalized spacial score (nSPS) is 19.0. The third-order valence-electron chi connectivity index (χ3n) is 4.86. The molecule has 0 spiro atoms. The SMILES string of the molecule is CCn1nc(C)cc1C(=O)N1CCCN(Cc2ccccc2)C[C@H]1C. The summed E-state index contributed by atoms with van der Waals surface area (Å²) in [5, 5.41) is 4.42. The van der Waals surface area contributed by atoms with Crippen LogP contribution in [0.15, 0.2) is 36.4 Å². The first-order chi connectivity index (χ1) is 12.1. The van der Waals surface area contributed by atoms with E-state index in [1.807, 2.05) is 35.6 Å². The van der Waals surface area contributed by atoms with Gasteiger partial charge in [-0.1, -0.05) is 30.3 Å². The number of aromatic nitrogens is 2. The molecule has 0 bridgehead atoms. The summed E-state index contributed by atoms with van der Waals surface area (Å²) in [6, 6.07) is 12.7. The molecule has 1 aliphatic rings. The molecule has 25 heavy (non-hydrogen) atoms. The summed E-state index contributed by atoms with van der Waals surface area (Å²) in [6.45, 7) is 10.5. The van der Waals surface area contributed by atoms with Gasteiger partial charge in [0.25, 0.3) is 5.91 Å². The van der Waals surface area contributed by atoms with Gasteiger partial charge in [0.1, 0.15) is 5.69 Å². The second-order valence-corrected chi connectivity index (χ2v) is 6.91. The minimum atomic E-state index is 0.108. The van der Waals surface area contributed by atoms with E-state index < -0.39 is 0 Å². The average molecular weight is 340 g/mol. The Kier molecular flexibility index (Phi) is 5.53. The van der Waals surface area contributed by atoms with Crippen molar-refractivity contribution < 1.29 is 4.79 Å². The lowest BCUT2D eigenvalue weighted by atomic mass is 10.2. The molecule has 1 saturated heterocycles. The molecule has 0 N–H and O–H groups in total. The third kappa shape index (κ3) is 4.10. The first-order valence-electron chi connectivity index (χ1n) is 9.20. The predicted molar refractivity (Wildman–Crippen MR) is 99.5 cm³/mol. The van der Waals surface area contributed by atoms with Crippen molar-refractivity contribution in [2.75, 3.05) is 19.6 Å². The molecular weight excluding hydrogens is 312 g/mol. The maximum absolute atomic E-state index is 13.1. The number of carbonyl (C=O) groups is 1. The molecule has 5 nitrogen and oxygen atoms in total. The lowest BCUT2D eigenvalue weighted by Crippen LogP contribution is -2.43. The van der Waals surface area contributed by atoms with Gasteiger partial charge < -0.3 is 4.90 Å². The highest BCUT2D eigenvalue weighted by atomic mass is 16.2. The van der Waals surface area contributed by atoms with Crippen LogP contribution in [0.1, 0.15) is 42.0 Å². The van der Waals surface area contributed by atoms with Gasteiger partial charge in [0.05, 0.1) is 5.69 Å². The molecule has 2 heterocycles. The summed E-state index contributed by atoms with van der Waals surface area (Å²) in [4.78, 5) is 17.5. The van der Waals surface area contributed by atoms with Gasteiger partial charge in [-0.25, -0.2) is 0 Å². The Labute approximate surface area is 150 Å². The second-order valence-electron chi connectivity index (χ2n) is 6.91. The van der Waals surface area contributed by atoms with Crippen LogP contribution in [-0.2, 0) is 13.1 Å². The van der Waals surface area contributed by atoms with Gasteiger partial charge in [-0.3, -0.25) is 14.4 Å². The van der Waals surface area contributed by atoms with Crippen molar-refractivity contribution in [1.29, 1.82) is 0 Å². The van der Waals surface area contributed by atoms with E-state index in [2.05, 4.69) is 41.2 Å². The van der Waals surface area contributed by atoms with E-state index in [-0.39, 0.29) is 11.9 Å². The summed E-state index contributed by atoms with van der Waals surface area (Å²) in [5.74, 6) is 0.108. The predicted octanol–water partition coefficient (Wildman–Crippen LogP) is 2.95. The molecule has 134 valence electrons. The zero-order valence-corrected chi connectivity index (χ0v) is 15.5. The molecule has 1 amide bonds. The van der Waals surface area contributed by atoms with E-state index in [4.69, 9.17) is 0 Å². The monoisotopic (exact) mass is 340 g/mol. The van der Waals surface area contributed by atoms with Crippen LogP contribution in [0.4, 0.5) is 0 Å². The van der Waals surface area contributed by atoms with E-state index in [0.29, 0.717) is 5.69 Å². The summed E-state index contributed by atoms with van der Waals surface area (Å²) >= 11 is 0. The van der Waals surface area contributed by atoms with Crippen LogP contribution in [0.3, 0.4) is 0 Å². The number of nitrogens with zero attached hydrogens (tertiary/aromatic N) is 4. The standard InChI is InChI=1S/C20H28N4O/c1-4-24-19(13-16(2)21-24)20(25)23-12-8-11-22(14-17(23)3)15-18-9-6-5-7-10-18/h5-7,9-10,13,17H,4,8,11-12,14-15H2,1-3H3/t17-/m1/s1. The fourth-order valence-corrected chi connectivity index (χ4v) is 3.64. The minimum Gasteiger partial charge on any atom is -0.333 e. The van der Waals surface area contributed by atoms with Crippen molar-refractivity contribution >= 4 is 5.91 Å². The number of benzene rings is 1. The maximum Gasteiger partial charge on any atom is 0.272 e. The molecule has 0 aliphatic carbocycles. The largest absolute Gasteiger partial charge is 0.333 e. The van der Waals surface area contributed by atoms with Crippen LogP contribution in [0.25, 0.3) is 0 Å². The molecule has 1 atom stereocenters. The first kappa shape index (κ1) is 17.7. The number of hydrogen-bond acceptors (Lipinski definition) is 3. The Balaban J connectivity index is 1.70. The van der Waals surface area contributed by atoms with E-state index in [9.17, 15) is 4.79 Å². The first-order valence-corrected chi connectivity index (χ1v) is 9.20. The van der Waals surface area contributed by atoms with Crippen LogP contribution in [-0.4, -0.2) is 51.2 Å². The molecule has 0 radical (unpaired) electrons. The highest BCUT2D eigenvalue weighted by Gasteiger charge is 2.28. The molecule has 0 unspecified atom stereocenters. The van der Waals surface area contributed by atoms with Gasteiger partial charge in [0.15, 0.2) is 0 Å². The van der Waals surface area contributed by atoms with Crippen LogP contribution >= 0.6 is 0 Å². The maximum atomic E-state index is 13.1. The van der Waals surface area contributed by atoms with E-state index in [1.165, 1.54) is 5.56 Å². The Morgan fingerprint density at radius 1 is 1.24 bits per heavy atom. The number of carbonyl (C=O) groups excluding carboxylic acids is 1. The van der Waals surface area contributed by atoms with E-state index in [0.717, 1.165) is 44.8 Å². The van der Waals surface area contributed by atoms with Gasteiger partial charge in [-0.2, -0.15) is 5.10 Å². The molecule has 1 fully saturated rings. The quantitative estimate of drug-likeness (QED) is 0.859. The van der Waals surface area contributed by atoms with Crippen LogP contribution in [0.5, 0.6) is 0 Å². The summed E-state index contributed by atoms with van der Waals surface area (Å²) < 4.78 is 1.82. The minimum absolute atomic E-state index is 0.108. The number of hydrogen-bond donors (Lipinski definition) is 0. The highest BCUT2D eigenvalue weighted by Crippen LogP contribution is 2.17. The van der Waals surface area contributed by atoms with Crippen molar-refractivity contribution in [1.82, 2.24) is 19.6 Å². The number of aryl methyl sites for hydroxylation is 2. The molecule has 5 heteroatoms. The van der Waals surface area contributed by atoms with Gasteiger partial charge in [0.2, 0.25) is 0 Å². The highest BCUT2D eigenvalue weighted by molar-refractivity contribution is 5.93. The third-order valence-corrected chi connectivity index (χ3v) is 4.86. The Hall–Kier alpha value is -2.14. The molecule has 2 aromatic rings. The second kappa shape index (κ2) is 7.83. The Morgan fingerprint density at radius 3 is 2.72 bits per heavy atom. The van der Waals surface area contributed by atoms with Crippen molar-refractivity contribution in [3.05, 3.63) is 53.3 Å². The summed E-state index contributed by atoms with van der Waals surface area (Å²) in [7, 11) is 0. The zero-order chi connectivity index (χ0) is 17.8. The van der Waals surface area contributed by atoms with Crippen LogP contribution in [0, 0.1) is 6.92 Å². The van der Waals surface area contributed by atoms with Crippen molar-refractivity contribution in [3.63, 3.8) is 0 Å². The molecular formula is C20H28N4O. The fraction of sp³-hybridized carbons (Fsp3) is 0.500. The molecule has 1 aromatic heterocycles. The molecule has 1 aliphatic heterocycles. The van der Waals surface area contributed by atoms with Crippen molar-refractivity contribution in [2.24, 2.45) is 0 Å². The molecule has 1 aromatic carbocycles. The number of amides is 1. The number of rotatable bonds is 4. The fourth-order valence-electron chi connectivity index (χ4n) is 3.64.